The largest absolute Gasteiger partial charge is 1.00 e. The van der Waals surface area contributed by atoms with Gasteiger partial charge in [-0.3, -0.25) is 9.59 Å². The summed E-state index contributed by atoms with van der Waals surface area (Å²) < 4.78 is 25.6. The smallest absolute Gasteiger partial charge is 0.790 e. The first kappa shape index (κ1) is 47.5. The van der Waals surface area contributed by atoms with Gasteiger partial charge in [0.15, 0.2) is 6.10 Å². The van der Waals surface area contributed by atoms with E-state index in [1.165, 1.54) is 96.3 Å². The van der Waals surface area contributed by atoms with Gasteiger partial charge in [0.1, 0.15) is 6.61 Å². The third-order valence-corrected chi connectivity index (χ3v) is 7.58. The summed E-state index contributed by atoms with van der Waals surface area (Å²) in [6.07, 6.45) is 25.0. The van der Waals surface area contributed by atoms with Crippen LogP contribution in [-0.2, 0) is 28.2 Å². The van der Waals surface area contributed by atoms with E-state index < -0.39 is 32.5 Å². The van der Waals surface area contributed by atoms with Crippen molar-refractivity contribution in [3.05, 3.63) is 0 Å². The summed E-state index contributed by atoms with van der Waals surface area (Å²) in [5, 5.41) is 0. The van der Waals surface area contributed by atoms with Crippen LogP contribution in [-0.4, -0.2) is 31.3 Å². The Hall–Kier alpha value is 1.05. The first-order valence-corrected chi connectivity index (χ1v) is 17.8. The van der Waals surface area contributed by atoms with Gasteiger partial charge in [0.2, 0.25) is 0 Å². The fraction of sp³-hybridized carbons (Fsp3) is 0.935. The zero-order valence-corrected chi connectivity index (χ0v) is 32.6. The molecular formula is C31H59Na2O8P. The second-order valence-corrected chi connectivity index (χ2v) is 12.3. The number of unbranched alkanes of at least 4 members (excludes halogenated alkanes) is 20. The number of hydrogen-bond donors (Lipinski definition) is 0. The third kappa shape index (κ3) is 37.2. The van der Waals surface area contributed by atoms with Crippen molar-refractivity contribution in [2.75, 3.05) is 13.2 Å². The van der Waals surface area contributed by atoms with Crippen LogP contribution in [0.5, 0.6) is 0 Å². The molecule has 0 radical (unpaired) electrons. The SMILES string of the molecule is CCCCCCCCCCCCCC(=O)OC[C@H](COP(=O)([O-])[O-])OC(=O)CCCCCCCCCCCCC.[Na+].[Na+]. The maximum Gasteiger partial charge on any atom is 1.00 e. The minimum atomic E-state index is -5.23. The van der Waals surface area contributed by atoms with Gasteiger partial charge < -0.3 is 28.3 Å². The van der Waals surface area contributed by atoms with Gasteiger partial charge in [-0.1, -0.05) is 142 Å². The summed E-state index contributed by atoms with van der Waals surface area (Å²) in [5.41, 5.74) is 0. The molecule has 0 aromatic rings. The number of ether oxygens (including phenoxy) is 2. The van der Waals surface area contributed by atoms with E-state index in [4.69, 9.17) is 9.47 Å². The molecule has 0 unspecified atom stereocenters. The van der Waals surface area contributed by atoms with Gasteiger partial charge in [0, 0.05) is 12.8 Å². The van der Waals surface area contributed by atoms with E-state index in [0.717, 1.165) is 32.1 Å². The molecule has 0 aromatic carbocycles. The van der Waals surface area contributed by atoms with Crippen molar-refractivity contribution in [1.29, 1.82) is 0 Å². The number of carbonyl (C=O) groups is 2. The number of esters is 2. The van der Waals surface area contributed by atoms with Crippen LogP contribution in [0, 0.1) is 0 Å². The zero-order valence-electron chi connectivity index (χ0n) is 27.7. The molecular weight excluding hydrogens is 577 g/mol. The Morgan fingerprint density at radius 3 is 1.24 bits per heavy atom. The van der Waals surface area contributed by atoms with Crippen LogP contribution in [0.2, 0.25) is 0 Å². The second kappa shape index (κ2) is 34.9. The quantitative estimate of drug-likeness (QED) is 0.0505. The van der Waals surface area contributed by atoms with Crippen LogP contribution in [0.3, 0.4) is 0 Å². The average Bonchev–Trinajstić information content (AvgIpc) is 2.91. The van der Waals surface area contributed by atoms with Gasteiger partial charge in [-0.2, -0.15) is 0 Å². The molecule has 0 heterocycles. The number of hydrogen-bond acceptors (Lipinski definition) is 8. The summed E-state index contributed by atoms with van der Waals surface area (Å²) in [7, 11) is -5.23. The summed E-state index contributed by atoms with van der Waals surface area (Å²) in [4.78, 5) is 46.1. The van der Waals surface area contributed by atoms with Gasteiger partial charge >= 0.3 is 71.1 Å². The van der Waals surface area contributed by atoms with Crippen LogP contribution in [0.4, 0.5) is 0 Å². The number of carbonyl (C=O) groups excluding carboxylic acids is 2. The van der Waals surface area contributed by atoms with Crippen molar-refractivity contribution in [2.45, 2.75) is 174 Å². The molecule has 0 rings (SSSR count). The minimum absolute atomic E-state index is 0. The molecule has 1 atom stereocenters. The Balaban J connectivity index is -0.00000760. The van der Waals surface area contributed by atoms with Crippen molar-refractivity contribution in [1.82, 2.24) is 0 Å². The van der Waals surface area contributed by atoms with E-state index in [9.17, 15) is 23.9 Å². The van der Waals surface area contributed by atoms with Crippen molar-refractivity contribution < 1.29 is 97.1 Å². The maximum absolute atomic E-state index is 12.2. The van der Waals surface area contributed by atoms with E-state index >= 15 is 0 Å². The first-order chi connectivity index (χ1) is 19.3. The third-order valence-electron chi connectivity index (χ3n) is 7.12. The molecule has 11 heteroatoms. The molecule has 8 nitrogen and oxygen atoms in total. The molecule has 0 saturated carbocycles. The standard InChI is InChI=1S/C31H61O8P.2Na/c1-3-5-7-9-11-13-15-17-19-21-23-25-30(32)37-27-29(28-38-40(34,35)36)39-31(33)26-24-22-20-18-16-14-12-10-8-6-4-2;;/h29H,3-28H2,1-2H3,(H2,34,35,36);;/q;2*+1/p-2/t29-;;/m1../s1. The number of phosphoric acid groups is 1. The molecule has 0 N–H and O–H groups in total. The Bertz CT molecular complexity index is 648. The van der Waals surface area contributed by atoms with Crippen molar-refractivity contribution in [3.63, 3.8) is 0 Å². The van der Waals surface area contributed by atoms with Crippen LogP contribution >= 0.6 is 7.82 Å². The van der Waals surface area contributed by atoms with E-state index in [1.807, 2.05) is 0 Å². The van der Waals surface area contributed by atoms with Gasteiger partial charge in [-0.15, -0.1) is 0 Å². The van der Waals surface area contributed by atoms with Crippen LogP contribution in [0.25, 0.3) is 0 Å². The number of rotatable bonds is 30. The average molecular weight is 637 g/mol. The van der Waals surface area contributed by atoms with Crippen molar-refractivity contribution >= 4 is 19.8 Å². The van der Waals surface area contributed by atoms with Crippen molar-refractivity contribution in [2.24, 2.45) is 0 Å². The minimum Gasteiger partial charge on any atom is -0.790 e. The molecule has 42 heavy (non-hydrogen) atoms. The van der Waals surface area contributed by atoms with Gasteiger partial charge in [0.25, 0.3) is 0 Å². The Morgan fingerprint density at radius 2 is 0.881 bits per heavy atom. The predicted molar refractivity (Wildman–Crippen MR) is 157 cm³/mol. The fourth-order valence-electron chi connectivity index (χ4n) is 4.66. The number of phosphoric ester groups is 1. The molecule has 0 amide bonds. The normalized spacial score (nSPS) is 11.8. The second-order valence-electron chi connectivity index (χ2n) is 11.1. The Kier molecular flexibility index (Phi) is 39.5. The fourth-order valence-corrected chi connectivity index (χ4v) is 5.01. The summed E-state index contributed by atoms with van der Waals surface area (Å²) in [6, 6.07) is 0. The van der Waals surface area contributed by atoms with E-state index in [1.54, 1.807) is 0 Å². The molecule has 0 aromatic heterocycles. The molecule has 0 aliphatic heterocycles. The van der Waals surface area contributed by atoms with E-state index in [0.29, 0.717) is 12.8 Å². The zero-order chi connectivity index (χ0) is 29.7. The van der Waals surface area contributed by atoms with Gasteiger partial charge in [0.05, 0.1) is 14.4 Å². The van der Waals surface area contributed by atoms with Crippen LogP contribution in [0.15, 0.2) is 0 Å². The van der Waals surface area contributed by atoms with E-state index in [-0.39, 0.29) is 78.6 Å². The predicted octanol–water partition coefficient (Wildman–Crippen LogP) is 1.70. The first-order valence-electron chi connectivity index (χ1n) is 16.3. The van der Waals surface area contributed by atoms with E-state index in [2.05, 4.69) is 18.4 Å². The molecule has 0 spiro atoms. The topological polar surface area (TPSA) is 125 Å². The van der Waals surface area contributed by atoms with Gasteiger partial charge in [-0.25, -0.2) is 0 Å². The van der Waals surface area contributed by atoms with Crippen LogP contribution < -0.4 is 68.9 Å². The Morgan fingerprint density at radius 1 is 0.548 bits per heavy atom. The maximum atomic E-state index is 12.2. The molecule has 0 fully saturated rings. The molecule has 0 bridgehead atoms. The molecule has 0 aliphatic carbocycles. The van der Waals surface area contributed by atoms with Gasteiger partial charge in [-0.05, 0) is 12.8 Å². The molecule has 0 aliphatic rings. The monoisotopic (exact) mass is 636 g/mol. The summed E-state index contributed by atoms with van der Waals surface area (Å²) in [6.45, 7) is 3.46. The van der Waals surface area contributed by atoms with Crippen molar-refractivity contribution in [3.8, 4) is 0 Å². The summed E-state index contributed by atoms with van der Waals surface area (Å²) >= 11 is 0. The summed E-state index contributed by atoms with van der Waals surface area (Å²) in [5.74, 6) is -0.952. The van der Waals surface area contributed by atoms with Crippen LogP contribution in [0.1, 0.15) is 168 Å². The molecule has 0 saturated heterocycles. The molecule has 238 valence electrons. The Labute approximate surface area is 301 Å².